The summed E-state index contributed by atoms with van der Waals surface area (Å²) in [5, 5.41) is 2.66. The minimum Gasteiger partial charge on any atom is -0.428 e. The Bertz CT molecular complexity index is 859. The SMILES string of the molecule is CC(=O)Cc1cc(C(=O)NC(C)c2cccc(OC(F)(F)C(F)F)c2)ccn1. The lowest BCUT2D eigenvalue weighted by Gasteiger charge is -2.19. The Balaban J connectivity index is 2.10. The van der Waals surface area contributed by atoms with Gasteiger partial charge in [0.15, 0.2) is 0 Å². The van der Waals surface area contributed by atoms with E-state index < -0.39 is 30.2 Å². The number of aromatic nitrogens is 1. The summed E-state index contributed by atoms with van der Waals surface area (Å²) in [5.74, 6) is -1.02. The molecule has 150 valence electrons. The number of amides is 1. The molecule has 0 saturated carbocycles. The zero-order valence-electron chi connectivity index (χ0n) is 15.1. The van der Waals surface area contributed by atoms with E-state index in [0.717, 1.165) is 12.1 Å². The molecule has 2 rings (SSSR count). The summed E-state index contributed by atoms with van der Waals surface area (Å²) in [6.45, 7) is 3.00. The molecule has 28 heavy (non-hydrogen) atoms. The highest BCUT2D eigenvalue weighted by molar-refractivity contribution is 5.94. The van der Waals surface area contributed by atoms with Crippen molar-refractivity contribution in [1.82, 2.24) is 10.3 Å². The van der Waals surface area contributed by atoms with E-state index in [-0.39, 0.29) is 17.8 Å². The third kappa shape index (κ3) is 5.77. The summed E-state index contributed by atoms with van der Waals surface area (Å²) >= 11 is 0. The highest BCUT2D eigenvalue weighted by Crippen LogP contribution is 2.29. The molecule has 1 unspecified atom stereocenters. The summed E-state index contributed by atoms with van der Waals surface area (Å²) in [6.07, 6.45) is -7.09. The van der Waals surface area contributed by atoms with Crippen molar-refractivity contribution in [2.75, 3.05) is 0 Å². The number of benzene rings is 1. The number of rotatable bonds is 8. The highest BCUT2D eigenvalue weighted by atomic mass is 19.3. The molecule has 2 aromatic rings. The predicted octanol–water partition coefficient (Wildman–Crippen LogP) is 3.94. The second kappa shape index (κ2) is 8.81. The summed E-state index contributed by atoms with van der Waals surface area (Å²) in [5.41, 5.74) is 1.10. The van der Waals surface area contributed by atoms with Gasteiger partial charge in [-0.15, -0.1) is 0 Å². The van der Waals surface area contributed by atoms with E-state index in [9.17, 15) is 27.2 Å². The van der Waals surface area contributed by atoms with Crippen LogP contribution in [-0.2, 0) is 11.2 Å². The number of Topliss-reactive ketones (excluding diaryl/α,β-unsaturated/α-hetero) is 1. The van der Waals surface area contributed by atoms with E-state index in [1.54, 1.807) is 6.92 Å². The van der Waals surface area contributed by atoms with E-state index in [0.29, 0.717) is 11.3 Å². The van der Waals surface area contributed by atoms with Crippen LogP contribution in [0.2, 0.25) is 0 Å². The molecule has 1 N–H and O–H groups in total. The molecule has 0 saturated heterocycles. The van der Waals surface area contributed by atoms with E-state index >= 15 is 0 Å². The fourth-order valence-electron chi connectivity index (χ4n) is 2.38. The Labute approximate surface area is 158 Å². The van der Waals surface area contributed by atoms with Crippen LogP contribution in [-0.4, -0.2) is 29.2 Å². The number of ketones is 1. The topological polar surface area (TPSA) is 68.3 Å². The maximum atomic E-state index is 13.1. The zero-order valence-corrected chi connectivity index (χ0v) is 15.1. The highest BCUT2D eigenvalue weighted by Gasteiger charge is 2.44. The minimum absolute atomic E-state index is 0.0917. The predicted molar refractivity (Wildman–Crippen MR) is 92.5 cm³/mol. The number of hydrogen-bond donors (Lipinski definition) is 1. The van der Waals surface area contributed by atoms with Gasteiger partial charge in [0.2, 0.25) is 0 Å². The molecule has 0 spiro atoms. The second-order valence-electron chi connectivity index (χ2n) is 6.15. The molecular formula is C19H18F4N2O3. The lowest BCUT2D eigenvalue weighted by molar-refractivity contribution is -0.253. The first-order valence-electron chi connectivity index (χ1n) is 8.28. The van der Waals surface area contributed by atoms with Crippen LogP contribution in [0, 0.1) is 0 Å². The Kier molecular flexibility index (Phi) is 6.71. The van der Waals surface area contributed by atoms with Crippen molar-refractivity contribution in [2.24, 2.45) is 0 Å². The normalized spacial score (nSPS) is 12.5. The van der Waals surface area contributed by atoms with Crippen LogP contribution in [0.4, 0.5) is 17.6 Å². The Morgan fingerprint density at radius 2 is 1.93 bits per heavy atom. The average molecular weight is 398 g/mol. The van der Waals surface area contributed by atoms with Gasteiger partial charge in [0.1, 0.15) is 11.5 Å². The van der Waals surface area contributed by atoms with E-state index in [2.05, 4.69) is 15.0 Å². The molecule has 0 radical (unpaired) electrons. The van der Waals surface area contributed by atoms with Crippen LogP contribution >= 0.6 is 0 Å². The number of hydrogen-bond acceptors (Lipinski definition) is 4. The quantitative estimate of drug-likeness (QED) is 0.684. The fourth-order valence-corrected chi connectivity index (χ4v) is 2.38. The van der Waals surface area contributed by atoms with Gasteiger partial charge in [-0.25, -0.2) is 0 Å². The molecule has 1 atom stereocenters. The standard InChI is InChI=1S/C19H18F4N2O3/c1-11(26)8-15-9-14(6-7-24-15)17(27)25-12(2)13-4-3-5-16(10-13)28-19(22,23)18(20)21/h3-7,9-10,12,18H,8H2,1-2H3,(H,25,27). The third-order valence-electron chi connectivity index (χ3n) is 3.72. The number of nitrogens with one attached hydrogen (secondary N) is 1. The van der Waals surface area contributed by atoms with Gasteiger partial charge in [-0.05, 0) is 43.7 Å². The van der Waals surface area contributed by atoms with Gasteiger partial charge in [0.25, 0.3) is 5.91 Å². The van der Waals surface area contributed by atoms with Crippen LogP contribution < -0.4 is 10.1 Å². The number of nitrogens with zero attached hydrogens (tertiary/aromatic N) is 1. The largest absolute Gasteiger partial charge is 0.461 e. The molecule has 1 amide bonds. The lowest BCUT2D eigenvalue weighted by Crippen LogP contribution is -2.33. The molecular weight excluding hydrogens is 380 g/mol. The van der Waals surface area contributed by atoms with Gasteiger partial charge < -0.3 is 10.1 Å². The number of ether oxygens (including phenoxy) is 1. The van der Waals surface area contributed by atoms with Gasteiger partial charge in [0.05, 0.1) is 6.04 Å². The summed E-state index contributed by atoms with van der Waals surface area (Å²) in [7, 11) is 0. The number of carbonyl (C=O) groups is 2. The molecule has 0 aliphatic heterocycles. The van der Waals surface area contributed by atoms with Crippen molar-refractivity contribution in [3.63, 3.8) is 0 Å². The number of pyridine rings is 1. The van der Waals surface area contributed by atoms with Crippen LogP contribution in [0.5, 0.6) is 5.75 Å². The summed E-state index contributed by atoms with van der Waals surface area (Å²) in [4.78, 5) is 27.6. The maximum absolute atomic E-state index is 13.1. The fraction of sp³-hybridized carbons (Fsp3) is 0.316. The molecule has 0 fully saturated rings. The van der Waals surface area contributed by atoms with Gasteiger partial charge in [-0.1, -0.05) is 12.1 Å². The molecule has 1 aromatic heterocycles. The second-order valence-corrected chi connectivity index (χ2v) is 6.15. The van der Waals surface area contributed by atoms with Crippen molar-refractivity contribution in [3.05, 3.63) is 59.4 Å². The molecule has 0 bridgehead atoms. The maximum Gasteiger partial charge on any atom is 0.461 e. The van der Waals surface area contributed by atoms with E-state index in [4.69, 9.17) is 0 Å². The van der Waals surface area contributed by atoms with Gasteiger partial charge >= 0.3 is 12.5 Å². The zero-order chi connectivity index (χ0) is 20.9. The molecule has 5 nitrogen and oxygen atoms in total. The third-order valence-corrected chi connectivity index (χ3v) is 3.72. The lowest BCUT2D eigenvalue weighted by atomic mass is 10.1. The minimum atomic E-state index is -4.62. The van der Waals surface area contributed by atoms with Crippen LogP contribution in [0.3, 0.4) is 0 Å². The van der Waals surface area contributed by atoms with Crippen LogP contribution in [0.1, 0.15) is 41.5 Å². The number of carbonyl (C=O) groups excluding carboxylic acids is 2. The number of alkyl halides is 4. The van der Waals surface area contributed by atoms with Crippen molar-refractivity contribution in [3.8, 4) is 5.75 Å². The Morgan fingerprint density at radius 3 is 2.57 bits per heavy atom. The Hall–Kier alpha value is -2.97. The molecule has 9 heteroatoms. The smallest absolute Gasteiger partial charge is 0.428 e. The Morgan fingerprint density at radius 1 is 1.21 bits per heavy atom. The van der Waals surface area contributed by atoms with E-state index in [1.165, 1.54) is 37.4 Å². The first kappa shape index (κ1) is 21.3. The average Bonchev–Trinajstić information content (AvgIpc) is 2.61. The van der Waals surface area contributed by atoms with Crippen LogP contribution in [0.15, 0.2) is 42.6 Å². The van der Waals surface area contributed by atoms with Crippen molar-refractivity contribution in [2.45, 2.75) is 38.8 Å². The molecule has 1 aromatic carbocycles. The first-order chi connectivity index (χ1) is 13.1. The summed E-state index contributed by atoms with van der Waals surface area (Å²) in [6, 6.07) is 7.47. The molecule has 0 aliphatic rings. The van der Waals surface area contributed by atoms with Crippen molar-refractivity contribution < 1.29 is 31.9 Å². The molecule has 0 aliphatic carbocycles. The monoisotopic (exact) mass is 398 g/mol. The molecule has 1 heterocycles. The summed E-state index contributed by atoms with van der Waals surface area (Å²) < 4.78 is 54.7. The van der Waals surface area contributed by atoms with Gasteiger partial charge in [-0.3, -0.25) is 14.6 Å². The number of halogens is 4. The first-order valence-corrected chi connectivity index (χ1v) is 8.28. The van der Waals surface area contributed by atoms with Crippen LogP contribution in [0.25, 0.3) is 0 Å². The van der Waals surface area contributed by atoms with E-state index in [1.807, 2.05) is 0 Å². The van der Waals surface area contributed by atoms with Gasteiger partial charge in [-0.2, -0.15) is 17.6 Å². The van der Waals surface area contributed by atoms with Crippen molar-refractivity contribution in [1.29, 1.82) is 0 Å². The van der Waals surface area contributed by atoms with Gasteiger partial charge in [0, 0.05) is 23.9 Å². The van der Waals surface area contributed by atoms with Crippen molar-refractivity contribution >= 4 is 11.7 Å².